The standard InChI is InChI=1S/C15H22FNO3/c1-3-4-10-20-15(18)12-17(2)9-11-19-14-8-6-5-7-13(14)16/h5-8H,3-4,9-12H2,1-2H3. The molecule has 1 aromatic carbocycles. The van der Waals surface area contributed by atoms with E-state index >= 15 is 0 Å². The third-order valence-electron chi connectivity index (χ3n) is 2.73. The Morgan fingerprint density at radius 2 is 2.05 bits per heavy atom. The average molecular weight is 283 g/mol. The molecular formula is C15H22FNO3. The highest BCUT2D eigenvalue weighted by atomic mass is 19.1. The second-order valence-electron chi connectivity index (χ2n) is 4.59. The fraction of sp³-hybridized carbons (Fsp3) is 0.533. The summed E-state index contributed by atoms with van der Waals surface area (Å²) in [7, 11) is 1.80. The molecule has 0 radical (unpaired) electrons. The molecule has 0 saturated heterocycles. The van der Waals surface area contributed by atoms with Crippen molar-refractivity contribution in [3.8, 4) is 5.75 Å². The van der Waals surface area contributed by atoms with Crippen LogP contribution in [0.2, 0.25) is 0 Å². The van der Waals surface area contributed by atoms with E-state index in [-0.39, 0.29) is 24.1 Å². The second kappa shape index (κ2) is 9.31. The first kappa shape index (κ1) is 16.4. The molecule has 0 aliphatic rings. The highest BCUT2D eigenvalue weighted by molar-refractivity contribution is 5.71. The van der Waals surface area contributed by atoms with Gasteiger partial charge >= 0.3 is 5.97 Å². The van der Waals surface area contributed by atoms with Crippen molar-refractivity contribution >= 4 is 5.97 Å². The van der Waals surface area contributed by atoms with E-state index in [1.807, 2.05) is 6.92 Å². The summed E-state index contributed by atoms with van der Waals surface area (Å²) in [6.45, 7) is 3.57. The number of rotatable bonds is 9. The largest absolute Gasteiger partial charge is 0.489 e. The highest BCUT2D eigenvalue weighted by Gasteiger charge is 2.08. The maximum absolute atomic E-state index is 13.3. The quantitative estimate of drug-likeness (QED) is 0.515. The number of benzene rings is 1. The van der Waals surface area contributed by atoms with E-state index in [0.717, 1.165) is 12.8 Å². The van der Waals surface area contributed by atoms with E-state index in [2.05, 4.69) is 0 Å². The third-order valence-corrected chi connectivity index (χ3v) is 2.73. The summed E-state index contributed by atoms with van der Waals surface area (Å²) < 4.78 is 23.7. The molecule has 1 rings (SSSR count). The maximum Gasteiger partial charge on any atom is 0.320 e. The number of hydrogen-bond donors (Lipinski definition) is 0. The normalized spacial score (nSPS) is 10.6. The summed E-state index contributed by atoms with van der Waals surface area (Å²) in [6, 6.07) is 6.26. The first-order valence-electron chi connectivity index (χ1n) is 6.85. The van der Waals surface area contributed by atoms with Crippen molar-refractivity contribution in [3.05, 3.63) is 30.1 Å². The Balaban J connectivity index is 2.18. The minimum atomic E-state index is -0.380. The monoisotopic (exact) mass is 283 g/mol. The third kappa shape index (κ3) is 6.52. The molecule has 0 fully saturated rings. The number of para-hydroxylation sites is 1. The van der Waals surface area contributed by atoms with Crippen LogP contribution in [0, 0.1) is 5.82 Å². The van der Waals surface area contributed by atoms with E-state index < -0.39 is 0 Å². The molecule has 0 saturated carbocycles. The predicted molar refractivity (Wildman–Crippen MR) is 75.3 cm³/mol. The molecule has 0 bridgehead atoms. The lowest BCUT2D eigenvalue weighted by molar-refractivity contribution is -0.144. The number of esters is 1. The average Bonchev–Trinajstić information content (AvgIpc) is 2.41. The molecule has 0 aliphatic heterocycles. The van der Waals surface area contributed by atoms with E-state index in [9.17, 15) is 9.18 Å². The first-order valence-corrected chi connectivity index (χ1v) is 6.85. The van der Waals surface area contributed by atoms with Gasteiger partial charge in [0, 0.05) is 6.54 Å². The molecule has 0 spiro atoms. The van der Waals surface area contributed by atoms with Gasteiger partial charge in [-0.15, -0.1) is 0 Å². The van der Waals surface area contributed by atoms with Crippen LogP contribution in [0.4, 0.5) is 4.39 Å². The van der Waals surface area contributed by atoms with Gasteiger partial charge in [-0.3, -0.25) is 9.69 Å². The molecule has 20 heavy (non-hydrogen) atoms. The van der Waals surface area contributed by atoms with Crippen LogP contribution in [-0.4, -0.2) is 44.2 Å². The number of carbonyl (C=O) groups excluding carboxylic acids is 1. The fourth-order valence-electron chi connectivity index (χ4n) is 1.55. The van der Waals surface area contributed by atoms with E-state index in [1.165, 1.54) is 6.07 Å². The van der Waals surface area contributed by atoms with Crippen molar-refractivity contribution in [1.29, 1.82) is 0 Å². The molecule has 0 aromatic heterocycles. The van der Waals surface area contributed by atoms with Gasteiger partial charge in [-0.05, 0) is 25.6 Å². The van der Waals surface area contributed by atoms with Gasteiger partial charge in [0.15, 0.2) is 11.6 Å². The second-order valence-corrected chi connectivity index (χ2v) is 4.59. The van der Waals surface area contributed by atoms with Gasteiger partial charge in [0.2, 0.25) is 0 Å². The lowest BCUT2D eigenvalue weighted by atomic mass is 10.3. The lowest BCUT2D eigenvalue weighted by Crippen LogP contribution is -2.31. The summed E-state index contributed by atoms with van der Waals surface area (Å²) in [4.78, 5) is 13.2. The Morgan fingerprint density at radius 1 is 1.30 bits per heavy atom. The van der Waals surface area contributed by atoms with Gasteiger partial charge in [0.25, 0.3) is 0 Å². The number of nitrogens with zero attached hydrogens (tertiary/aromatic N) is 1. The van der Waals surface area contributed by atoms with Crippen molar-refractivity contribution in [1.82, 2.24) is 4.90 Å². The van der Waals surface area contributed by atoms with Crippen molar-refractivity contribution in [3.63, 3.8) is 0 Å². The zero-order valence-corrected chi connectivity index (χ0v) is 12.1. The minimum Gasteiger partial charge on any atom is -0.489 e. The molecule has 0 atom stereocenters. The summed E-state index contributed by atoms with van der Waals surface area (Å²) >= 11 is 0. The molecule has 4 nitrogen and oxygen atoms in total. The molecule has 0 unspecified atom stereocenters. The zero-order chi connectivity index (χ0) is 14.8. The van der Waals surface area contributed by atoms with Crippen molar-refractivity contribution < 1.29 is 18.7 Å². The smallest absolute Gasteiger partial charge is 0.320 e. The molecule has 0 heterocycles. The molecular weight excluding hydrogens is 261 g/mol. The first-order chi connectivity index (χ1) is 9.63. The van der Waals surface area contributed by atoms with Gasteiger partial charge in [0.1, 0.15) is 6.61 Å². The SMILES string of the molecule is CCCCOC(=O)CN(C)CCOc1ccccc1F. The van der Waals surface area contributed by atoms with Gasteiger partial charge < -0.3 is 9.47 Å². The van der Waals surface area contributed by atoms with Crippen LogP contribution in [0.5, 0.6) is 5.75 Å². The summed E-state index contributed by atoms with van der Waals surface area (Å²) in [5.74, 6) is -0.396. The van der Waals surface area contributed by atoms with Crippen LogP contribution in [0.3, 0.4) is 0 Å². The van der Waals surface area contributed by atoms with Gasteiger partial charge in [-0.2, -0.15) is 0 Å². The van der Waals surface area contributed by atoms with Crippen LogP contribution >= 0.6 is 0 Å². The molecule has 1 aromatic rings. The van der Waals surface area contributed by atoms with E-state index in [4.69, 9.17) is 9.47 Å². The number of unbranched alkanes of at least 4 members (excludes halogenated alkanes) is 1. The van der Waals surface area contributed by atoms with Crippen molar-refractivity contribution in [2.75, 3.05) is 33.4 Å². The topological polar surface area (TPSA) is 38.8 Å². The van der Waals surface area contributed by atoms with Gasteiger partial charge in [-0.1, -0.05) is 25.5 Å². The number of ether oxygens (including phenoxy) is 2. The number of halogens is 1. The number of hydrogen-bond acceptors (Lipinski definition) is 4. The predicted octanol–water partition coefficient (Wildman–Crippen LogP) is 2.48. The Morgan fingerprint density at radius 3 is 2.75 bits per heavy atom. The van der Waals surface area contributed by atoms with Gasteiger partial charge in [0.05, 0.1) is 13.2 Å². The maximum atomic E-state index is 13.3. The Labute approximate surface area is 119 Å². The molecule has 0 amide bonds. The van der Waals surface area contributed by atoms with Crippen LogP contribution in [0.15, 0.2) is 24.3 Å². The summed E-state index contributed by atoms with van der Waals surface area (Å²) in [6.07, 6.45) is 1.88. The summed E-state index contributed by atoms with van der Waals surface area (Å²) in [5, 5.41) is 0. The van der Waals surface area contributed by atoms with Crippen molar-refractivity contribution in [2.24, 2.45) is 0 Å². The minimum absolute atomic E-state index is 0.213. The van der Waals surface area contributed by atoms with E-state index in [1.54, 1.807) is 30.1 Å². The number of carbonyl (C=O) groups is 1. The molecule has 5 heteroatoms. The fourth-order valence-corrected chi connectivity index (χ4v) is 1.55. The Bertz CT molecular complexity index is 412. The Hall–Kier alpha value is -1.62. The zero-order valence-electron chi connectivity index (χ0n) is 12.1. The summed E-state index contributed by atoms with van der Waals surface area (Å²) in [5.41, 5.74) is 0. The van der Waals surface area contributed by atoms with Crippen LogP contribution in [0.1, 0.15) is 19.8 Å². The highest BCUT2D eigenvalue weighted by Crippen LogP contribution is 2.14. The lowest BCUT2D eigenvalue weighted by Gasteiger charge is -2.16. The molecule has 0 aliphatic carbocycles. The van der Waals surface area contributed by atoms with E-state index in [0.29, 0.717) is 19.8 Å². The Kier molecular flexibility index (Phi) is 7.65. The number of likely N-dealkylation sites (N-methyl/N-ethyl adjacent to an activating group) is 1. The van der Waals surface area contributed by atoms with Crippen LogP contribution in [-0.2, 0) is 9.53 Å². The van der Waals surface area contributed by atoms with Crippen molar-refractivity contribution in [2.45, 2.75) is 19.8 Å². The van der Waals surface area contributed by atoms with Crippen LogP contribution in [0.25, 0.3) is 0 Å². The molecule has 0 N–H and O–H groups in total. The van der Waals surface area contributed by atoms with Crippen LogP contribution < -0.4 is 4.74 Å². The van der Waals surface area contributed by atoms with Gasteiger partial charge in [-0.25, -0.2) is 4.39 Å². The molecule has 112 valence electrons.